The van der Waals surface area contributed by atoms with E-state index in [2.05, 4.69) is 0 Å². The minimum Gasteiger partial charge on any atom is -0.481 e. The van der Waals surface area contributed by atoms with E-state index >= 15 is 0 Å². The first kappa shape index (κ1) is 10.9. The summed E-state index contributed by atoms with van der Waals surface area (Å²) in [5, 5.41) is 19.9. The Hall–Kier alpha value is -1.62. The van der Waals surface area contributed by atoms with E-state index in [1.54, 1.807) is 0 Å². The van der Waals surface area contributed by atoms with Gasteiger partial charge in [-0.25, -0.2) is 0 Å². The van der Waals surface area contributed by atoms with Crippen molar-refractivity contribution in [3.05, 3.63) is 38.9 Å². The maximum absolute atomic E-state index is 10.8. The zero-order valence-corrected chi connectivity index (χ0v) is 8.85. The molecule has 0 saturated heterocycles. The van der Waals surface area contributed by atoms with Crippen LogP contribution in [0.5, 0.6) is 0 Å². The van der Waals surface area contributed by atoms with E-state index in [9.17, 15) is 14.9 Å². The highest BCUT2D eigenvalue weighted by molar-refractivity contribution is 6.30. The Balaban J connectivity index is 2.37. The van der Waals surface area contributed by atoms with Crippen molar-refractivity contribution in [1.82, 2.24) is 0 Å². The Labute approximate surface area is 95.8 Å². The maximum Gasteiger partial charge on any atom is 0.307 e. The Kier molecular flexibility index (Phi) is 2.55. The topological polar surface area (TPSA) is 80.4 Å². The van der Waals surface area contributed by atoms with Crippen LogP contribution in [0.4, 0.5) is 5.69 Å². The van der Waals surface area contributed by atoms with E-state index in [1.165, 1.54) is 18.2 Å². The van der Waals surface area contributed by atoms with Crippen LogP contribution in [-0.2, 0) is 4.79 Å². The van der Waals surface area contributed by atoms with Crippen LogP contribution in [-0.4, -0.2) is 16.0 Å². The number of hydrogen-bond acceptors (Lipinski definition) is 3. The molecular formula is C10H8ClNO4. The van der Waals surface area contributed by atoms with Gasteiger partial charge in [0.25, 0.3) is 5.69 Å². The molecule has 1 N–H and O–H groups in total. The second kappa shape index (κ2) is 3.75. The molecule has 2 unspecified atom stereocenters. The quantitative estimate of drug-likeness (QED) is 0.651. The van der Waals surface area contributed by atoms with Crippen LogP contribution in [0.15, 0.2) is 18.2 Å². The zero-order chi connectivity index (χ0) is 11.9. The van der Waals surface area contributed by atoms with Crippen molar-refractivity contribution in [2.45, 2.75) is 12.3 Å². The van der Waals surface area contributed by atoms with Gasteiger partial charge in [-0.3, -0.25) is 14.9 Å². The van der Waals surface area contributed by atoms with Crippen molar-refractivity contribution in [1.29, 1.82) is 0 Å². The molecule has 0 radical (unpaired) electrons. The van der Waals surface area contributed by atoms with Gasteiger partial charge < -0.3 is 5.11 Å². The molecule has 5 nitrogen and oxygen atoms in total. The maximum atomic E-state index is 10.8. The lowest BCUT2D eigenvalue weighted by atomic mass is 10.1. The lowest BCUT2D eigenvalue weighted by Gasteiger charge is -2.01. The smallest absolute Gasteiger partial charge is 0.307 e. The van der Waals surface area contributed by atoms with Gasteiger partial charge in [-0.15, -0.1) is 0 Å². The molecule has 1 fully saturated rings. The molecular weight excluding hydrogens is 234 g/mol. The largest absolute Gasteiger partial charge is 0.481 e. The molecule has 0 aliphatic heterocycles. The highest BCUT2D eigenvalue weighted by atomic mass is 35.5. The monoisotopic (exact) mass is 241 g/mol. The number of halogens is 1. The Morgan fingerprint density at radius 2 is 2.25 bits per heavy atom. The molecule has 2 rings (SSSR count). The van der Waals surface area contributed by atoms with Gasteiger partial charge in [0, 0.05) is 22.6 Å². The molecule has 84 valence electrons. The van der Waals surface area contributed by atoms with Gasteiger partial charge in [0.15, 0.2) is 0 Å². The number of nitro groups is 1. The van der Waals surface area contributed by atoms with Crippen molar-refractivity contribution < 1.29 is 14.8 Å². The summed E-state index contributed by atoms with van der Waals surface area (Å²) in [6.45, 7) is 0. The van der Waals surface area contributed by atoms with Gasteiger partial charge in [0.05, 0.1) is 10.8 Å². The van der Waals surface area contributed by atoms with Gasteiger partial charge in [-0.1, -0.05) is 11.6 Å². The van der Waals surface area contributed by atoms with Crippen LogP contribution in [0.25, 0.3) is 0 Å². The SMILES string of the molecule is O=C(O)C1CC1c1cc(Cl)ccc1[N+](=O)[O-]. The fraction of sp³-hybridized carbons (Fsp3) is 0.300. The molecule has 6 heteroatoms. The summed E-state index contributed by atoms with van der Waals surface area (Å²) < 4.78 is 0. The normalized spacial score (nSPS) is 22.8. The summed E-state index contributed by atoms with van der Waals surface area (Å²) in [6, 6.07) is 4.23. The van der Waals surface area contributed by atoms with Crippen LogP contribution in [0.2, 0.25) is 5.02 Å². The number of carboxylic acids is 1. The fourth-order valence-corrected chi connectivity index (χ4v) is 1.98. The lowest BCUT2D eigenvalue weighted by molar-refractivity contribution is -0.385. The first-order valence-corrected chi connectivity index (χ1v) is 5.05. The van der Waals surface area contributed by atoms with E-state index in [-0.39, 0.29) is 11.6 Å². The highest BCUT2D eigenvalue weighted by Crippen LogP contribution is 2.50. The van der Waals surface area contributed by atoms with Crippen LogP contribution in [0.1, 0.15) is 17.9 Å². The molecule has 1 aliphatic rings. The summed E-state index contributed by atoms with van der Waals surface area (Å²) in [4.78, 5) is 21.0. The van der Waals surface area contributed by atoms with Gasteiger partial charge in [0.1, 0.15) is 0 Å². The number of benzene rings is 1. The summed E-state index contributed by atoms with van der Waals surface area (Å²) in [7, 11) is 0. The summed E-state index contributed by atoms with van der Waals surface area (Å²) in [6.07, 6.45) is 0.441. The Morgan fingerprint density at radius 1 is 1.56 bits per heavy atom. The molecule has 1 saturated carbocycles. The first-order chi connectivity index (χ1) is 7.50. The van der Waals surface area contributed by atoms with E-state index in [1.807, 2.05) is 0 Å². The minimum absolute atomic E-state index is 0.0573. The van der Waals surface area contributed by atoms with Crippen molar-refractivity contribution in [2.24, 2.45) is 5.92 Å². The predicted molar refractivity (Wildman–Crippen MR) is 56.6 cm³/mol. The molecule has 1 aromatic rings. The summed E-state index contributed by atoms with van der Waals surface area (Å²) in [5.74, 6) is -1.71. The van der Waals surface area contributed by atoms with E-state index in [0.29, 0.717) is 17.0 Å². The number of nitrogens with zero attached hydrogens (tertiary/aromatic N) is 1. The molecule has 0 heterocycles. The lowest BCUT2D eigenvalue weighted by Crippen LogP contribution is -2.01. The Morgan fingerprint density at radius 3 is 2.75 bits per heavy atom. The number of carboxylic acid groups (broad SMARTS) is 1. The van der Waals surface area contributed by atoms with Gasteiger partial charge in [-0.05, 0) is 18.6 Å². The third-order valence-electron chi connectivity index (χ3n) is 2.69. The van der Waals surface area contributed by atoms with Crippen LogP contribution < -0.4 is 0 Å². The number of carbonyl (C=O) groups is 1. The predicted octanol–water partition coefficient (Wildman–Crippen LogP) is 2.44. The standard InChI is InChI=1S/C10H8ClNO4/c11-5-1-2-9(12(15)16)7(3-5)6-4-8(6)10(13)14/h1-3,6,8H,4H2,(H,13,14). The zero-order valence-electron chi connectivity index (χ0n) is 8.09. The van der Waals surface area contributed by atoms with Crippen molar-refractivity contribution >= 4 is 23.3 Å². The molecule has 0 amide bonds. The molecule has 16 heavy (non-hydrogen) atoms. The molecule has 2 atom stereocenters. The van der Waals surface area contributed by atoms with Crippen LogP contribution >= 0.6 is 11.6 Å². The van der Waals surface area contributed by atoms with E-state index < -0.39 is 16.8 Å². The number of aliphatic carboxylic acids is 1. The van der Waals surface area contributed by atoms with Crippen LogP contribution in [0, 0.1) is 16.0 Å². The van der Waals surface area contributed by atoms with Gasteiger partial charge in [0.2, 0.25) is 0 Å². The molecule has 0 aromatic heterocycles. The minimum atomic E-state index is -0.917. The number of rotatable bonds is 3. The highest BCUT2D eigenvalue weighted by Gasteiger charge is 2.47. The first-order valence-electron chi connectivity index (χ1n) is 4.67. The number of hydrogen-bond donors (Lipinski definition) is 1. The summed E-state index contributed by atoms with van der Waals surface area (Å²) in [5.41, 5.74) is 0.364. The second-order valence-electron chi connectivity index (χ2n) is 3.75. The fourth-order valence-electron chi connectivity index (χ4n) is 1.80. The second-order valence-corrected chi connectivity index (χ2v) is 4.18. The van der Waals surface area contributed by atoms with Crippen molar-refractivity contribution in [2.75, 3.05) is 0 Å². The third-order valence-corrected chi connectivity index (χ3v) is 2.93. The van der Waals surface area contributed by atoms with Gasteiger partial charge in [-0.2, -0.15) is 0 Å². The van der Waals surface area contributed by atoms with E-state index in [0.717, 1.165) is 0 Å². The van der Waals surface area contributed by atoms with Crippen LogP contribution in [0.3, 0.4) is 0 Å². The van der Waals surface area contributed by atoms with Gasteiger partial charge >= 0.3 is 5.97 Å². The van der Waals surface area contributed by atoms with Crippen molar-refractivity contribution in [3.63, 3.8) is 0 Å². The Bertz CT molecular complexity index is 474. The summed E-state index contributed by atoms with van der Waals surface area (Å²) >= 11 is 5.75. The molecule has 1 aliphatic carbocycles. The average molecular weight is 242 g/mol. The average Bonchev–Trinajstić information content (AvgIpc) is 2.96. The molecule has 1 aromatic carbocycles. The molecule has 0 spiro atoms. The van der Waals surface area contributed by atoms with E-state index in [4.69, 9.17) is 16.7 Å². The molecule has 0 bridgehead atoms. The third kappa shape index (κ3) is 1.86. The number of nitro benzene ring substituents is 1. The van der Waals surface area contributed by atoms with Crippen molar-refractivity contribution in [3.8, 4) is 0 Å².